The number of carbonyl (C=O) groups excluding carboxylic acids is 1. The molecule has 4 aromatic rings. The molecule has 6 heteroatoms. The number of aryl methyl sites for hydroxylation is 1. The number of benzene rings is 3. The Bertz CT molecular complexity index is 1400. The number of aromatic amines is 1. The maximum absolute atomic E-state index is 13.7. The number of hydrogen-bond acceptors (Lipinski definition) is 3. The van der Waals surface area contributed by atoms with Gasteiger partial charge in [-0.25, -0.2) is 4.79 Å². The number of pyridine rings is 1. The first-order chi connectivity index (χ1) is 16.6. The number of methoxy groups -OCH3 is 1. The quantitative estimate of drug-likeness (QED) is 0.410. The minimum absolute atomic E-state index is 0.134. The Morgan fingerprint density at radius 3 is 2.71 bits per heavy atom. The van der Waals surface area contributed by atoms with Gasteiger partial charge in [-0.1, -0.05) is 54.6 Å². The first-order valence-electron chi connectivity index (χ1n) is 11.5. The largest absolute Gasteiger partial charge is 0.495 e. The maximum Gasteiger partial charge on any atom is 0.322 e. The first-order valence-corrected chi connectivity index (χ1v) is 11.5. The van der Waals surface area contributed by atoms with Crippen LogP contribution < -0.4 is 15.6 Å². The summed E-state index contributed by atoms with van der Waals surface area (Å²) in [6, 6.07) is 24.8. The van der Waals surface area contributed by atoms with E-state index in [0.717, 1.165) is 35.7 Å². The number of rotatable bonds is 5. The van der Waals surface area contributed by atoms with Crippen LogP contribution >= 0.6 is 0 Å². The van der Waals surface area contributed by atoms with E-state index in [1.165, 1.54) is 5.56 Å². The van der Waals surface area contributed by atoms with E-state index in [0.29, 0.717) is 17.0 Å². The van der Waals surface area contributed by atoms with Crippen molar-refractivity contribution in [3.8, 4) is 5.75 Å². The standard InChI is InChI=1S/C28H27N3O3/c1-34-26-16-7-6-14-24(26)30-28(33)31(25-15-8-11-19-9-2-4-12-22(19)25)18-21-17-20-10-3-5-13-23(20)29-27(21)32/h2-7,9-10,12-14,16-17,25H,8,11,15,18H2,1H3,(H,29,32)(H,30,33). The van der Waals surface area contributed by atoms with E-state index in [2.05, 4.69) is 22.4 Å². The molecule has 1 aliphatic rings. The number of nitrogens with one attached hydrogen (secondary N) is 2. The van der Waals surface area contributed by atoms with Gasteiger partial charge < -0.3 is 19.9 Å². The molecule has 2 N–H and O–H groups in total. The van der Waals surface area contributed by atoms with Gasteiger partial charge in [0.1, 0.15) is 5.75 Å². The van der Waals surface area contributed by atoms with Crippen LogP contribution in [-0.2, 0) is 13.0 Å². The highest BCUT2D eigenvalue weighted by atomic mass is 16.5. The Hall–Kier alpha value is -4.06. The summed E-state index contributed by atoms with van der Waals surface area (Å²) in [6.45, 7) is 0.195. The molecule has 0 bridgehead atoms. The molecule has 0 saturated heterocycles. The average molecular weight is 454 g/mol. The summed E-state index contributed by atoms with van der Waals surface area (Å²) in [6.07, 6.45) is 2.81. The van der Waals surface area contributed by atoms with Crippen molar-refractivity contribution in [3.05, 3.63) is 106 Å². The van der Waals surface area contributed by atoms with E-state index >= 15 is 0 Å². The van der Waals surface area contributed by atoms with Crippen LogP contribution in [0.25, 0.3) is 10.9 Å². The van der Waals surface area contributed by atoms with Gasteiger partial charge in [0.2, 0.25) is 0 Å². The van der Waals surface area contributed by atoms with E-state index in [-0.39, 0.29) is 24.2 Å². The molecule has 1 atom stereocenters. The van der Waals surface area contributed by atoms with Gasteiger partial charge in [-0.15, -0.1) is 0 Å². The molecule has 6 nitrogen and oxygen atoms in total. The number of carbonyl (C=O) groups is 1. The highest BCUT2D eigenvalue weighted by Crippen LogP contribution is 2.36. The predicted molar refractivity (Wildman–Crippen MR) is 134 cm³/mol. The van der Waals surface area contributed by atoms with Crippen LogP contribution in [0.5, 0.6) is 5.75 Å². The molecule has 1 aliphatic carbocycles. The molecule has 172 valence electrons. The SMILES string of the molecule is COc1ccccc1NC(=O)N(Cc1cc2ccccc2[nH]c1=O)C1CCCc2ccccc21. The maximum atomic E-state index is 13.7. The molecular formula is C28H27N3O3. The van der Waals surface area contributed by atoms with Crippen molar-refractivity contribution in [1.29, 1.82) is 0 Å². The summed E-state index contributed by atoms with van der Waals surface area (Å²) in [4.78, 5) is 31.4. The van der Waals surface area contributed by atoms with E-state index in [1.807, 2.05) is 66.7 Å². The second-order valence-electron chi connectivity index (χ2n) is 8.58. The third-order valence-corrected chi connectivity index (χ3v) is 6.49. The van der Waals surface area contributed by atoms with Gasteiger partial charge in [-0.05, 0) is 60.0 Å². The van der Waals surface area contributed by atoms with Gasteiger partial charge in [-0.2, -0.15) is 0 Å². The lowest BCUT2D eigenvalue weighted by atomic mass is 9.86. The number of aromatic nitrogens is 1. The van der Waals surface area contributed by atoms with E-state index in [4.69, 9.17) is 4.74 Å². The van der Waals surface area contributed by atoms with Gasteiger partial charge in [0.15, 0.2) is 0 Å². The smallest absolute Gasteiger partial charge is 0.322 e. The molecule has 34 heavy (non-hydrogen) atoms. The van der Waals surface area contributed by atoms with Gasteiger partial charge >= 0.3 is 6.03 Å². The summed E-state index contributed by atoms with van der Waals surface area (Å²) >= 11 is 0. The average Bonchev–Trinajstić information content (AvgIpc) is 2.87. The van der Waals surface area contributed by atoms with Crippen molar-refractivity contribution in [2.75, 3.05) is 12.4 Å². The first kappa shape index (κ1) is 21.8. The van der Waals surface area contributed by atoms with Crippen molar-refractivity contribution < 1.29 is 9.53 Å². The number of amides is 2. The highest BCUT2D eigenvalue weighted by Gasteiger charge is 2.30. The Labute approximate surface area is 198 Å². The molecule has 0 aliphatic heterocycles. The van der Waals surface area contributed by atoms with Crippen LogP contribution in [0.4, 0.5) is 10.5 Å². The fraction of sp³-hybridized carbons (Fsp3) is 0.214. The molecule has 3 aromatic carbocycles. The Kier molecular flexibility index (Phi) is 6.04. The van der Waals surface area contributed by atoms with Crippen LogP contribution in [0.3, 0.4) is 0 Å². The number of fused-ring (bicyclic) bond motifs is 2. The zero-order valence-electron chi connectivity index (χ0n) is 19.1. The lowest BCUT2D eigenvalue weighted by Crippen LogP contribution is -2.40. The van der Waals surface area contributed by atoms with Gasteiger partial charge in [0.25, 0.3) is 5.56 Å². The van der Waals surface area contributed by atoms with E-state index in [9.17, 15) is 9.59 Å². The van der Waals surface area contributed by atoms with E-state index < -0.39 is 0 Å². The highest BCUT2D eigenvalue weighted by molar-refractivity contribution is 5.91. The summed E-state index contributed by atoms with van der Waals surface area (Å²) in [5.41, 5.74) is 4.14. The number of urea groups is 1. The molecular weight excluding hydrogens is 426 g/mol. The zero-order chi connectivity index (χ0) is 23.5. The van der Waals surface area contributed by atoms with Crippen molar-refractivity contribution in [1.82, 2.24) is 9.88 Å². The Morgan fingerprint density at radius 2 is 1.82 bits per heavy atom. The fourth-order valence-electron chi connectivity index (χ4n) is 4.80. The fourth-order valence-corrected chi connectivity index (χ4v) is 4.80. The molecule has 0 spiro atoms. The van der Waals surface area contributed by atoms with Crippen molar-refractivity contribution in [2.45, 2.75) is 31.8 Å². The molecule has 0 radical (unpaired) electrons. The molecule has 2 amide bonds. The van der Waals surface area contributed by atoms with Gasteiger partial charge in [0, 0.05) is 11.1 Å². The van der Waals surface area contributed by atoms with Crippen LogP contribution in [0.15, 0.2) is 83.7 Å². The molecule has 1 unspecified atom stereocenters. The lowest BCUT2D eigenvalue weighted by Gasteiger charge is -2.36. The summed E-state index contributed by atoms with van der Waals surface area (Å²) in [5.74, 6) is 0.586. The summed E-state index contributed by atoms with van der Waals surface area (Å²) in [5, 5.41) is 3.95. The Morgan fingerprint density at radius 1 is 1.06 bits per heavy atom. The third-order valence-electron chi connectivity index (χ3n) is 6.49. The normalized spacial score (nSPS) is 14.9. The predicted octanol–water partition coefficient (Wildman–Crippen LogP) is 5.65. The van der Waals surface area contributed by atoms with Crippen molar-refractivity contribution in [3.63, 3.8) is 0 Å². The second kappa shape index (κ2) is 9.43. The zero-order valence-corrected chi connectivity index (χ0v) is 19.1. The van der Waals surface area contributed by atoms with Gasteiger partial charge in [0.05, 0.1) is 25.4 Å². The van der Waals surface area contributed by atoms with Crippen LogP contribution in [0.2, 0.25) is 0 Å². The molecule has 0 fully saturated rings. The van der Waals surface area contributed by atoms with Gasteiger partial charge in [-0.3, -0.25) is 4.79 Å². The Balaban J connectivity index is 1.54. The lowest BCUT2D eigenvalue weighted by molar-refractivity contribution is 0.175. The van der Waals surface area contributed by atoms with Crippen LogP contribution in [-0.4, -0.2) is 23.0 Å². The topological polar surface area (TPSA) is 74.4 Å². The molecule has 5 rings (SSSR count). The second-order valence-corrected chi connectivity index (χ2v) is 8.58. The number of H-pyrrole nitrogens is 1. The van der Waals surface area contributed by atoms with Crippen molar-refractivity contribution >= 4 is 22.6 Å². The summed E-state index contributed by atoms with van der Waals surface area (Å²) < 4.78 is 5.43. The van der Waals surface area contributed by atoms with Crippen LogP contribution in [0.1, 0.15) is 35.6 Å². The number of ether oxygens (including phenoxy) is 1. The number of para-hydroxylation sites is 3. The third kappa shape index (κ3) is 4.27. The number of nitrogens with zero attached hydrogens (tertiary/aromatic N) is 1. The molecule has 0 saturated carbocycles. The number of anilines is 1. The number of hydrogen-bond donors (Lipinski definition) is 2. The molecule has 1 aromatic heterocycles. The molecule has 1 heterocycles. The van der Waals surface area contributed by atoms with E-state index in [1.54, 1.807) is 12.0 Å². The van der Waals surface area contributed by atoms with Crippen LogP contribution in [0, 0.1) is 0 Å². The van der Waals surface area contributed by atoms with Crippen molar-refractivity contribution in [2.24, 2.45) is 0 Å². The minimum atomic E-state index is -0.265. The monoisotopic (exact) mass is 453 g/mol. The summed E-state index contributed by atoms with van der Waals surface area (Å²) in [7, 11) is 1.58. The minimum Gasteiger partial charge on any atom is -0.495 e.